The van der Waals surface area contributed by atoms with E-state index in [-0.39, 0.29) is 12.0 Å². The largest absolute Gasteiger partial charge is 0.456 e. The van der Waals surface area contributed by atoms with Crippen molar-refractivity contribution in [3.05, 3.63) is 12.2 Å². The van der Waals surface area contributed by atoms with Gasteiger partial charge in [-0.3, -0.25) is 4.18 Å². The first kappa shape index (κ1) is 17.2. The van der Waals surface area contributed by atoms with Crippen molar-refractivity contribution in [3.8, 4) is 0 Å². The van der Waals surface area contributed by atoms with Crippen LogP contribution in [0.15, 0.2) is 12.2 Å². The van der Waals surface area contributed by atoms with Crippen LogP contribution in [-0.2, 0) is 38.1 Å². The van der Waals surface area contributed by atoms with Crippen molar-refractivity contribution < 1.29 is 45.2 Å². The Hall–Kier alpha value is -1.59. The van der Waals surface area contributed by atoms with Gasteiger partial charge in [-0.05, 0) is 6.42 Å². The van der Waals surface area contributed by atoms with Gasteiger partial charge in [-0.1, -0.05) is 6.58 Å². The van der Waals surface area contributed by atoms with Gasteiger partial charge in [0.05, 0.1) is 11.7 Å². The van der Waals surface area contributed by atoms with Crippen molar-refractivity contribution >= 4 is 22.1 Å². The van der Waals surface area contributed by atoms with Crippen LogP contribution in [0.4, 0.5) is 8.78 Å². The Balaban J connectivity index is 1.57. The molecule has 134 valence electrons. The van der Waals surface area contributed by atoms with Crippen molar-refractivity contribution in [1.82, 2.24) is 0 Å². The molecule has 0 saturated carbocycles. The summed E-state index contributed by atoms with van der Waals surface area (Å²) in [4.78, 5) is 22.9. The van der Waals surface area contributed by atoms with Gasteiger partial charge in [0.15, 0.2) is 6.10 Å². The molecule has 8 nitrogen and oxygen atoms in total. The summed E-state index contributed by atoms with van der Waals surface area (Å²) in [6, 6.07) is 0. The molecule has 0 radical (unpaired) electrons. The third kappa shape index (κ3) is 2.80. The van der Waals surface area contributed by atoms with Crippen LogP contribution >= 0.6 is 0 Å². The molecule has 3 fully saturated rings. The van der Waals surface area contributed by atoms with Gasteiger partial charge in [0.25, 0.3) is 10.1 Å². The lowest BCUT2D eigenvalue weighted by molar-refractivity contribution is -0.169. The molecule has 3 aliphatic rings. The first-order valence-electron chi connectivity index (χ1n) is 7.02. The summed E-state index contributed by atoms with van der Waals surface area (Å²) in [5, 5.41) is -0.765. The molecule has 3 saturated heterocycles. The summed E-state index contributed by atoms with van der Waals surface area (Å²) in [6.45, 7) is 2.90. The van der Waals surface area contributed by atoms with Gasteiger partial charge >= 0.3 is 17.9 Å². The maximum Gasteiger partial charge on any atom is 0.377 e. The van der Waals surface area contributed by atoms with E-state index in [9.17, 15) is 26.8 Å². The Morgan fingerprint density at radius 1 is 1.33 bits per heavy atom. The maximum atomic E-state index is 12.7. The molecule has 0 aromatic carbocycles. The smallest absolute Gasteiger partial charge is 0.377 e. The van der Waals surface area contributed by atoms with E-state index in [1.54, 1.807) is 0 Å². The number of alkyl halides is 2. The van der Waals surface area contributed by atoms with Gasteiger partial charge in [0, 0.05) is 6.92 Å². The van der Waals surface area contributed by atoms with Crippen LogP contribution in [0.3, 0.4) is 0 Å². The Labute approximate surface area is 135 Å². The fourth-order valence-electron chi connectivity index (χ4n) is 2.91. The number of hydrogen-bond acceptors (Lipinski definition) is 8. The molecule has 3 heterocycles. The van der Waals surface area contributed by atoms with E-state index >= 15 is 0 Å². The van der Waals surface area contributed by atoms with Gasteiger partial charge in [-0.2, -0.15) is 17.2 Å². The SMILES string of the molecule is C=C(COC(=O)C(C)(F)F)C(=O)OC1C2CC3C(O2)C1OS3(=O)=O. The lowest BCUT2D eigenvalue weighted by Gasteiger charge is -2.22. The van der Waals surface area contributed by atoms with Gasteiger partial charge in [-0.25, -0.2) is 9.59 Å². The minimum atomic E-state index is -3.75. The van der Waals surface area contributed by atoms with E-state index in [1.165, 1.54) is 0 Å². The molecule has 3 rings (SSSR count). The minimum absolute atomic E-state index is 0.144. The third-order valence-corrected chi connectivity index (χ3v) is 5.75. The van der Waals surface area contributed by atoms with Crippen LogP contribution in [0.5, 0.6) is 0 Å². The van der Waals surface area contributed by atoms with E-state index in [1.807, 2.05) is 0 Å². The highest BCUT2D eigenvalue weighted by Crippen LogP contribution is 2.47. The Bertz CT molecular complexity index is 697. The summed E-state index contributed by atoms with van der Waals surface area (Å²) in [7, 11) is -3.75. The van der Waals surface area contributed by atoms with Crippen molar-refractivity contribution in [2.24, 2.45) is 0 Å². The van der Waals surface area contributed by atoms with E-state index in [4.69, 9.17) is 13.7 Å². The minimum Gasteiger partial charge on any atom is -0.456 e. The molecule has 11 heteroatoms. The molecule has 0 aromatic rings. The molecule has 3 aliphatic heterocycles. The molecular formula is C13H14F2O8S. The fourth-order valence-corrected chi connectivity index (χ4v) is 4.56. The predicted octanol–water partition coefficient (Wildman–Crippen LogP) is -0.0789. The van der Waals surface area contributed by atoms with Crippen LogP contribution in [-0.4, -0.2) is 62.6 Å². The van der Waals surface area contributed by atoms with Crippen molar-refractivity contribution in [2.75, 3.05) is 6.61 Å². The summed E-state index contributed by atoms with van der Waals surface area (Å²) >= 11 is 0. The molecule has 2 bridgehead atoms. The van der Waals surface area contributed by atoms with Gasteiger partial charge < -0.3 is 14.2 Å². The second-order valence-electron chi connectivity index (χ2n) is 5.90. The average molecular weight is 368 g/mol. The number of ether oxygens (including phenoxy) is 3. The topological polar surface area (TPSA) is 105 Å². The zero-order valence-electron chi connectivity index (χ0n) is 12.4. The van der Waals surface area contributed by atoms with Crippen molar-refractivity contribution in [3.63, 3.8) is 0 Å². The first-order chi connectivity index (χ1) is 11.0. The molecule has 0 spiro atoms. The molecule has 24 heavy (non-hydrogen) atoms. The van der Waals surface area contributed by atoms with Crippen LogP contribution in [0.2, 0.25) is 0 Å². The van der Waals surface area contributed by atoms with Crippen LogP contribution < -0.4 is 0 Å². The van der Waals surface area contributed by atoms with Gasteiger partial charge in [0.2, 0.25) is 0 Å². The van der Waals surface area contributed by atoms with E-state index < -0.39 is 64.3 Å². The highest BCUT2D eigenvalue weighted by Gasteiger charge is 2.67. The van der Waals surface area contributed by atoms with Gasteiger partial charge in [0.1, 0.15) is 24.1 Å². The van der Waals surface area contributed by atoms with E-state index in [0.29, 0.717) is 6.92 Å². The highest BCUT2D eigenvalue weighted by atomic mass is 32.2. The van der Waals surface area contributed by atoms with Crippen molar-refractivity contribution in [1.29, 1.82) is 0 Å². The van der Waals surface area contributed by atoms with Crippen LogP contribution in [0.1, 0.15) is 13.3 Å². The molecular weight excluding hydrogens is 354 g/mol. The molecule has 0 aromatic heterocycles. The standard InChI is InChI=1S/C13H14F2O8S/c1-5(4-20-12(17)13(2,14)15)11(16)22-8-6-3-7-9(21-6)10(8)23-24(7,18)19/h6-10H,1,3-4H2,2H3. The highest BCUT2D eigenvalue weighted by molar-refractivity contribution is 7.87. The monoisotopic (exact) mass is 368 g/mol. The zero-order valence-corrected chi connectivity index (χ0v) is 13.3. The van der Waals surface area contributed by atoms with E-state index in [2.05, 4.69) is 11.3 Å². The number of hydrogen-bond donors (Lipinski definition) is 0. The fraction of sp³-hybridized carbons (Fsp3) is 0.692. The maximum absolute atomic E-state index is 12.7. The summed E-state index contributed by atoms with van der Waals surface area (Å²) in [5.41, 5.74) is -0.368. The van der Waals surface area contributed by atoms with Gasteiger partial charge in [-0.15, -0.1) is 0 Å². The van der Waals surface area contributed by atoms with Crippen LogP contribution in [0.25, 0.3) is 0 Å². The lowest BCUT2D eigenvalue weighted by atomic mass is 9.94. The summed E-state index contributed by atoms with van der Waals surface area (Å²) in [6.07, 6.45) is -3.05. The molecule has 5 unspecified atom stereocenters. The Morgan fingerprint density at radius 2 is 2.00 bits per heavy atom. The normalized spacial score (nSPS) is 35.7. The number of carbonyl (C=O) groups is 2. The Morgan fingerprint density at radius 3 is 2.62 bits per heavy atom. The molecule has 0 aliphatic carbocycles. The first-order valence-corrected chi connectivity index (χ1v) is 8.49. The molecule has 0 N–H and O–H groups in total. The zero-order chi connectivity index (χ0) is 17.9. The third-order valence-electron chi connectivity index (χ3n) is 4.06. The number of esters is 2. The lowest BCUT2D eigenvalue weighted by Crippen LogP contribution is -2.41. The van der Waals surface area contributed by atoms with Crippen molar-refractivity contribution in [2.45, 2.75) is 48.9 Å². The van der Waals surface area contributed by atoms with Crippen LogP contribution in [0, 0.1) is 0 Å². The quantitative estimate of drug-likeness (QED) is 0.377. The second kappa shape index (κ2) is 5.46. The second-order valence-corrected chi connectivity index (χ2v) is 7.69. The summed E-state index contributed by atoms with van der Waals surface area (Å²) in [5.74, 6) is -6.50. The predicted molar refractivity (Wildman–Crippen MR) is 71.5 cm³/mol. The number of rotatable bonds is 5. The Kier molecular flexibility index (Phi) is 3.92. The molecule has 5 atom stereocenters. The summed E-state index contributed by atoms with van der Waals surface area (Å²) < 4.78 is 68.5. The molecule has 0 amide bonds. The van der Waals surface area contributed by atoms with E-state index in [0.717, 1.165) is 0 Å². The number of carbonyl (C=O) groups excluding carboxylic acids is 2. The number of halogens is 2. The number of fused-ring (bicyclic) bond motifs is 1. The average Bonchev–Trinajstić information content (AvgIpc) is 3.07.